The molecule has 0 atom stereocenters. The Bertz CT molecular complexity index is 1070. The number of aromatic nitrogens is 3. The van der Waals surface area contributed by atoms with Gasteiger partial charge in [-0.1, -0.05) is 0 Å². The first-order valence-electron chi connectivity index (χ1n) is 9.38. The van der Waals surface area contributed by atoms with Gasteiger partial charge in [-0.3, -0.25) is 4.79 Å². The highest BCUT2D eigenvalue weighted by Crippen LogP contribution is 2.31. The summed E-state index contributed by atoms with van der Waals surface area (Å²) in [6.07, 6.45) is 4.45. The molecule has 0 spiro atoms. The van der Waals surface area contributed by atoms with Gasteiger partial charge < -0.3 is 10.1 Å². The fraction of sp³-hybridized carbons (Fsp3) is 0.333. The molecule has 1 N–H and O–H groups in total. The van der Waals surface area contributed by atoms with Gasteiger partial charge >= 0.3 is 5.97 Å². The van der Waals surface area contributed by atoms with E-state index in [4.69, 9.17) is 9.72 Å². The molecule has 0 saturated heterocycles. The second-order valence-corrected chi connectivity index (χ2v) is 7.21. The van der Waals surface area contributed by atoms with Gasteiger partial charge in [-0.05, 0) is 62.9 Å². The normalized spacial score (nSPS) is 13.0. The van der Waals surface area contributed by atoms with E-state index in [1.54, 1.807) is 30.5 Å². The number of fused-ring (bicyclic) bond motifs is 2. The van der Waals surface area contributed by atoms with Crippen LogP contribution in [0.15, 0.2) is 30.5 Å². The summed E-state index contributed by atoms with van der Waals surface area (Å²) >= 11 is 0. The summed E-state index contributed by atoms with van der Waals surface area (Å²) in [6.45, 7) is 4.09. The van der Waals surface area contributed by atoms with Crippen molar-refractivity contribution in [1.82, 2.24) is 14.8 Å². The molecule has 1 aliphatic rings. The Kier molecular flexibility index (Phi) is 4.58. The van der Waals surface area contributed by atoms with E-state index in [2.05, 4.69) is 10.4 Å². The molecule has 0 aliphatic heterocycles. The summed E-state index contributed by atoms with van der Waals surface area (Å²) in [4.78, 5) is 29.5. The lowest BCUT2D eigenvalue weighted by molar-refractivity contribution is 0.0600. The van der Waals surface area contributed by atoms with Crippen molar-refractivity contribution in [1.29, 1.82) is 0 Å². The Morgan fingerprint density at radius 2 is 1.93 bits per heavy atom. The second-order valence-electron chi connectivity index (χ2n) is 7.21. The molecule has 0 fully saturated rings. The molecule has 1 aromatic carbocycles. The van der Waals surface area contributed by atoms with E-state index in [1.165, 1.54) is 7.11 Å². The highest BCUT2D eigenvalue weighted by atomic mass is 16.5. The van der Waals surface area contributed by atoms with E-state index in [0.717, 1.165) is 41.6 Å². The molecule has 0 radical (unpaired) electrons. The van der Waals surface area contributed by atoms with Crippen LogP contribution < -0.4 is 5.32 Å². The molecule has 4 rings (SSSR count). The molecule has 1 amide bonds. The smallest absolute Gasteiger partial charge is 0.337 e. The fourth-order valence-corrected chi connectivity index (χ4v) is 3.69. The molecule has 0 unspecified atom stereocenters. The van der Waals surface area contributed by atoms with Gasteiger partial charge in [0.2, 0.25) is 0 Å². The van der Waals surface area contributed by atoms with Crippen LogP contribution in [-0.4, -0.2) is 33.8 Å². The second kappa shape index (κ2) is 7.07. The molecule has 2 heterocycles. The number of anilines is 1. The van der Waals surface area contributed by atoms with Crippen LogP contribution >= 0.6 is 0 Å². The number of nitrogens with one attached hydrogen (secondary N) is 1. The van der Waals surface area contributed by atoms with Crippen LogP contribution in [0.2, 0.25) is 0 Å². The minimum atomic E-state index is -0.410. The quantitative estimate of drug-likeness (QED) is 0.702. The third-order valence-corrected chi connectivity index (χ3v) is 5.05. The maximum Gasteiger partial charge on any atom is 0.337 e. The van der Waals surface area contributed by atoms with Gasteiger partial charge in [0.1, 0.15) is 0 Å². The number of hydrogen-bond donors (Lipinski definition) is 1. The van der Waals surface area contributed by atoms with Crippen molar-refractivity contribution in [2.45, 2.75) is 39.2 Å². The molecule has 7 nitrogen and oxygen atoms in total. The van der Waals surface area contributed by atoms with Crippen LogP contribution in [-0.2, 0) is 17.6 Å². The summed E-state index contributed by atoms with van der Waals surface area (Å²) in [5.74, 6) is -0.590. The first-order valence-corrected chi connectivity index (χ1v) is 9.38. The van der Waals surface area contributed by atoms with E-state index >= 15 is 0 Å². The number of pyridine rings is 1. The predicted octanol–water partition coefficient (Wildman–Crippen LogP) is 3.54. The first-order chi connectivity index (χ1) is 13.5. The minimum Gasteiger partial charge on any atom is -0.465 e. The number of nitrogens with zero attached hydrogens (tertiary/aromatic N) is 3. The molecule has 7 heteroatoms. The van der Waals surface area contributed by atoms with Gasteiger partial charge in [0.05, 0.1) is 29.8 Å². The molecule has 1 aliphatic carbocycles. The van der Waals surface area contributed by atoms with Gasteiger partial charge in [-0.2, -0.15) is 5.10 Å². The van der Waals surface area contributed by atoms with Crippen molar-refractivity contribution < 1.29 is 14.3 Å². The molecule has 144 valence electrons. The Balaban J connectivity index is 1.72. The number of esters is 1. The average molecular weight is 378 g/mol. The van der Waals surface area contributed by atoms with Gasteiger partial charge in [0.25, 0.3) is 5.91 Å². The maximum atomic E-state index is 13.2. The van der Waals surface area contributed by atoms with Gasteiger partial charge in [-0.15, -0.1) is 0 Å². The Labute approximate surface area is 162 Å². The monoisotopic (exact) mass is 378 g/mol. The number of amides is 1. The highest BCUT2D eigenvalue weighted by molar-refractivity contribution is 6.13. The molecule has 0 saturated carbocycles. The zero-order chi connectivity index (χ0) is 19.8. The minimum absolute atomic E-state index is 0.159. The fourth-order valence-electron chi connectivity index (χ4n) is 3.69. The van der Waals surface area contributed by atoms with E-state index < -0.39 is 5.97 Å². The number of aryl methyl sites for hydroxylation is 1. The lowest BCUT2D eigenvalue weighted by Crippen LogP contribution is -2.16. The average Bonchev–Trinajstić information content (AvgIpc) is 3.32. The number of methoxy groups -OCH3 is 1. The Morgan fingerprint density at radius 3 is 2.61 bits per heavy atom. The Hall–Kier alpha value is -3.22. The zero-order valence-corrected chi connectivity index (χ0v) is 16.2. The molecular weight excluding hydrogens is 356 g/mol. The van der Waals surface area contributed by atoms with E-state index in [9.17, 15) is 9.59 Å². The number of benzene rings is 1. The summed E-state index contributed by atoms with van der Waals surface area (Å²) in [7, 11) is 1.34. The molecular formula is C21H22N4O3. The van der Waals surface area contributed by atoms with Gasteiger partial charge in [0.15, 0.2) is 5.65 Å². The zero-order valence-electron chi connectivity index (χ0n) is 16.2. The molecule has 3 aromatic rings. The third-order valence-electron chi connectivity index (χ3n) is 5.05. The SMILES string of the molecule is COC(=O)c1ccc(NC(=O)c2c3c(nc4c2cnn4C(C)C)CCC3)cc1. The van der Waals surface area contributed by atoms with Crippen molar-refractivity contribution >= 4 is 28.6 Å². The van der Waals surface area contributed by atoms with E-state index in [-0.39, 0.29) is 11.9 Å². The number of hydrogen-bond acceptors (Lipinski definition) is 5. The highest BCUT2D eigenvalue weighted by Gasteiger charge is 2.26. The summed E-state index contributed by atoms with van der Waals surface area (Å²) < 4.78 is 6.56. The summed E-state index contributed by atoms with van der Waals surface area (Å²) in [6, 6.07) is 6.81. The van der Waals surface area contributed by atoms with Crippen LogP contribution in [0.4, 0.5) is 5.69 Å². The number of ether oxygens (including phenoxy) is 1. The van der Waals surface area contributed by atoms with Crippen LogP contribution in [0.5, 0.6) is 0 Å². The molecule has 0 bridgehead atoms. The van der Waals surface area contributed by atoms with E-state index in [0.29, 0.717) is 16.8 Å². The van der Waals surface area contributed by atoms with Crippen LogP contribution in [0.25, 0.3) is 11.0 Å². The molecule has 28 heavy (non-hydrogen) atoms. The van der Waals surface area contributed by atoms with Crippen molar-refractivity contribution in [3.05, 3.63) is 52.8 Å². The molecule has 2 aromatic heterocycles. The topological polar surface area (TPSA) is 86.1 Å². The predicted molar refractivity (Wildman–Crippen MR) is 106 cm³/mol. The standard InChI is InChI=1S/C21H22N4O3/c1-12(2)25-19-16(11-22-25)18(15-5-4-6-17(15)24-19)20(26)23-14-9-7-13(8-10-14)21(27)28-3/h7-12H,4-6H2,1-3H3,(H,23,26). The number of carbonyl (C=O) groups is 2. The maximum absolute atomic E-state index is 13.2. The first kappa shape index (κ1) is 18.2. The van der Waals surface area contributed by atoms with Crippen molar-refractivity contribution in [2.75, 3.05) is 12.4 Å². The van der Waals surface area contributed by atoms with Crippen LogP contribution in [0.1, 0.15) is 58.3 Å². The lowest BCUT2D eigenvalue weighted by atomic mass is 10.0. The Morgan fingerprint density at radius 1 is 1.18 bits per heavy atom. The van der Waals surface area contributed by atoms with E-state index in [1.807, 2.05) is 18.5 Å². The lowest BCUT2D eigenvalue weighted by Gasteiger charge is -2.13. The van der Waals surface area contributed by atoms with Crippen LogP contribution in [0.3, 0.4) is 0 Å². The summed E-state index contributed by atoms with van der Waals surface area (Å²) in [5, 5.41) is 8.17. The van der Waals surface area contributed by atoms with Gasteiger partial charge in [0, 0.05) is 17.4 Å². The summed E-state index contributed by atoms with van der Waals surface area (Å²) in [5.41, 5.74) is 4.46. The number of carbonyl (C=O) groups excluding carboxylic acids is 2. The van der Waals surface area contributed by atoms with Crippen LogP contribution in [0, 0.1) is 0 Å². The largest absolute Gasteiger partial charge is 0.465 e. The third kappa shape index (κ3) is 3.02. The van der Waals surface area contributed by atoms with Crippen molar-refractivity contribution in [3.8, 4) is 0 Å². The number of rotatable bonds is 4. The van der Waals surface area contributed by atoms with Gasteiger partial charge in [-0.25, -0.2) is 14.5 Å². The van der Waals surface area contributed by atoms with Crippen molar-refractivity contribution in [3.63, 3.8) is 0 Å². The van der Waals surface area contributed by atoms with Crippen molar-refractivity contribution in [2.24, 2.45) is 0 Å².